The van der Waals surface area contributed by atoms with Gasteiger partial charge in [0.1, 0.15) is 5.76 Å². The van der Waals surface area contributed by atoms with Crippen LogP contribution in [-0.2, 0) is 11.2 Å². The van der Waals surface area contributed by atoms with Gasteiger partial charge in [0.25, 0.3) is 0 Å². The number of ether oxygens (including phenoxy) is 1. The fourth-order valence-corrected chi connectivity index (χ4v) is 2.54. The highest BCUT2D eigenvalue weighted by Crippen LogP contribution is 2.18. The lowest BCUT2D eigenvalue weighted by molar-refractivity contribution is 0.214. The van der Waals surface area contributed by atoms with Crippen LogP contribution in [0.15, 0.2) is 17.2 Å². The van der Waals surface area contributed by atoms with E-state index in [1.807, 2.05) is 6.92 Å². The molecule has 2 heterocycles. The zero-order valence-electron chi connectivity index (χ0n) is 9.82. The number of nitrogens with one attached hydrogen (secondary N) is 1. The van der Waals surface area contributed by atoms with Crippen LogP contribution in [0.4, 0.5) is 0 Å². The lowest BCUT2D eigenvalue weighted by Crippen LogP contribution is -2.33. The molecule has 0 saturated carbocycles. The number of aryl methyl sites for hydroxylation is 1. The minimum Gasteiger partial charge on any atom is -0.496 e. The molecule has 0 aliphatic carbocycles. The zero-order chi connectivity index (χ0) is 11.4. The minimum atomic E-state index is 0.286. The number of hydrogen-bond donors (Lipinski definition) is 1. The van der Waals surface area contributed by atoms with E-state index in [4.69, 9.17) is 4.74 Å². The highest BCUT2D eigenvalue weighted by atomic mass is 32.1. The molecule has 1 unspecified atom stereocenters. The van der Waals surface area contributed by atoms with E-state index >= 15 is 0 Å². The average Bonchev–Trinajstić information content (AvgIpc) is 2.88. The van der Waals surface area contributed by atoms with E-state index in [1.165, 1.54) is 0 Å². The van der Waals surface area contributed by atoms with Crippen LogP contribution in [0.3, 0.4) is 0 Å². The van der Waals surface area contributed by atoms with Gasteiger partial charge >= 0.3 is 0 Å². The van der Waals surface area contributed by atoms with Crippen LogP contribution in [0, 0.1) is 6.92 Å². The minimum absolute atomic E-state index is 0.286. The monoisotopic (exact) mass is 238 g/mol. The molecule has 1 N–H and O–H groups in total. The van der Waals surface area contributed by atoms with E-state index in [9.17, 15) is 0 Å². The Morgan fingerprint density at radius 1 is 1.62 bits per heavy atom. The quantitative estimate of drug-likeness (QED) is 0.854. The van der Waals surface area contributed by atoms with Crippen LogP contribution in [0.5, 0.6) is 0 Å². The van der Waals surface area contributed by atoms with E-state index in [1.54, 1.807) is 11.3 Å². The predicted octanol–water partition coefficient (Wildman–Crippen LogP) is 2.28. The van der Waals surface area contributed by atoms with Gasteiger partial charge in [-0.25, -0.2) is 4.98 Å². The molecule has 88 valence electrons. The molecule has 4 heteroatoms. The summed E-state index contributed by atoms with van der Waals surface area (Å²) in [6, 6.07) is 0.286. The van der Waals surface area contributed by atoms with Gasteiger partial charge in [-0.2, -0.15) is 0 Å². The van der Waals surface area contributed by atoms with Gasteiger partial charge in [-0.05, 0) is 19.5 Å². The summed E-state index contributed by atoms with van der Waals surface area (Å²) in [5.41, 5.74) is 1.16. The summed E-state index contributed by atoms with van der Waals surface area (Å²) in [7, 11) is 0. The molecule has 3 nitrogen and oxygen atoms in total. The lowest BCUT2D eigenvalue weighted by atomic mass is 10.1. The second kappa shape index (κ2) is 5.46. The summed E-state index contributed by atoms with van der Waals surface area (Å²) in [5, 5.41) is 6.72. The predicted molar refractivity (Wildman–Crippen MR) is 66.7 cm³/mol. The van der Waals surface area contributed by atoms with Gasteiger partial charge in [0.2, 0.25) is 0 Å². The van der Waals surface area contributed by atoms with E-state index in [-0.39, 0.29) is 6.04 Å². The number of hydrogen-bond acceptors (Lipinski definition) is 4. The Bertz CT molecular complexity index is 373. The summed E-state index contributed by atoms with van der Waals surface area (Å²) in [4.78, 5) is 4.50. The molecule has 1 aromatic heterocycles. The number of aromatic nitrogens is 1. The van der Waals surface area contributed by atoms with Crippen LogP contribution in [-0.4, -0.2) is 24.2 Å². The Morgan fingerprint density at radius 2 is 2.50 bits per heavy atom. The molecule has 0 amide bonds. The largest absolute Gasteiger partial charge is 0.496 e. The lowest BCUT2D eigenvalue weighted by Gasteiger charge is -2.17. The van der Waals surface area contributed by atoms with Crippen LogP contribution in [0.25, 0.3) is 0 Å². The maximum absolute atomic E-state index is 5.62. The molecule has 0 spiro atoms. The first-order valence-corrected chi connectivity index (χ1v) is 6.64. The van der Waals surface area contributed by atoms with Crippen LogP contribution in [0.1, 0.15) is 24.0 Å². The topological polar surface area (TPSA) is 34.2 Å². The van der Waals surface area contributed by atoms with Crippen LogP contribution in [0.2, 0.25) is 0 Å². The van der Waals surface area contributed by atoms with Crippen molar-refractivity contribution in [1.29, 1.82) is 0 Å². The first kappa shape index (κ1) is 11.6. The van der Waals surface area contributed by atoms with Gasteiger partial charge in [-0.15, -0.1) is 11.3 Å². The Hall–Kier alpha value is -0.870. The van der Waals surface area contributed by atoms with Crippen molar-refractivity contribution in [2.45, 2.75) is 32.7 Å². The van der Waals surface area contributed by atoms with E-state index < -0.39 is 0 Å². The Morgan fingerprint density at radius 3 is 3.06 bits per heavy atom. The van der Waals surface area contributed by atoms with Crippen molar-refractivity contribution in [2.24, 2.45) is 0 Å². The summed E-state index contributed by atoms with van der Waals surface area (Å²) in [5.74, 6) is 1.09. The maximum atomic E-state index is 5.62. The number of thiazole rings is 1. The highest BCUT2D eigenvalue weighted by Gasteiger charge is 2.19. The van der Waals surface area contributed by atoms with Crippen molar-refractivity contribution in [1.82, 2.24) is 10.3 Å². The van der Waals surface area contributed by atoms with Crippen molar-refractivity contribution >= 4 is 11.3 Å². The molecule has 0 radical (unpaired) electrons. The second-order valence-corrected chi connectivity index (χ2v) is 4.98. The zero-order valence-corrected chi connectivity index (χ0v) is 10.6. The summed E-state index contributed by atoms with van der Waals surface area (Å²) in [6.07, 6.45) is 4.14. The van der Waals surface area contributed by atoms with E-state index in [0.717, 1.165) is 42.5 Å². The van der Waals surface area contributed by atoms with Gasteiger partial charge in [0.15, 0.2) is 0 Å². The van der Waals surface area contributed by atoms with Gasteiger partial charge in [0.05, 0.1) is 23.4 Å². The normalized spacial score (nSPS) is 17.0. The third-order valence-corrected chi connectivity index (χ3v) is 3.43. The SMILES string of the molecule is CCNC(Cc1csc(C)n1)C1=CCCO1. The standard InChI is InChI=1S/C12H18N2OS/c1-3-13-11(12-5-4-6-15-12)7-10-8-16-9(2)14-10/h5,8,11,13H,3-4,6-7H2,1-2H3. The highest BCUT2D eigenvalue weighted by molar-refractivity contribution is 7.09. The first-order chi connectivity index (χ1) is 7.79. The van der Waals surface area contributed by atoms with Crippen molar-refractivity contribution in [3.05, 3.63) is 27.9 Å². The third kappa shape index (κ3) is 2.83. The smallest absolute Gasteiger partial charge is 0.109 e. The van der Waals surface area contributed by atoms with E-state index in [2.05, 4.69) is 28.7 Å². The van der Waals surface area contributed by atoms with Crippen molar-refractivity contribution < 1.29 is 4.74 Å². The molecule has 2 rings (SSSR count). The molecule has 16 heavy (non-hydrogen) atoms. The van der Waals surface area contributed by atoms with Crippen LogP contribution >= 0.6 is 11.3 Å². The Balaban J connectivity index is 2.02. The Kier molecular flexibility index (Phi) is 3.96. The molecule has 0 aromatic carbocycles. The van der Waals surface area contributed by atoms with Crippen molar-refractivity contribution in [3.8, 4) is 0 Å². The van der Waals surface area contributed by atoms with E-state index in [0.29, 0.717) is 0 Å². The van der Waals surface area contributed by atoms with Gasteiger partial charge in [0, 0.05) is 18.2 Å². The molecular weight excluding hydrogens is 220 g/mol. The van der Waals surface area contributed by atoms with Crippen molar-refractivity contribution in [2.75, 3.05) is 13.2 Å². The summed E-state index contributed by atoms with van der Waals surface area (Å²) >= 11 is 1.71. The molecule has 1 aliphatic heterocycles. The number of nitrogens with zero attached hydrogens (tertiary/aromatic N) is 1. The molecule has 0 fully saturated rings. The molecule has 1 atom stereocenters. The first-order valence-electron chi connectivity index (χ1n) is 5.77. The van der Waals surface area contributed by atoms with Gasteiger partial charge < -0.3 is 10.1 Å². The average molecular weight is 238 g/mol. The maximum Gasteiger partial charge on any atom is 0.109 e. The molecule has 1 aliphatic rings. The number of rotatable bonds is 5. The molecule has 0 bridgehead atoms. The number of likely N-dealkylation sites (N-methyl/N-ethyl adjacent to an activating group) is 1. The van der Waals surface area contributed by atoms with Gasteiger partial charge in [-0.3, -0.25) is 0 Å². The van der Waals surface area contributed by atoms with Crippen LogP contribution < -0.4 is 5.32 Å². The Labute approximate surface area is 101 Å². The summed E-state index contributed by atoms with van der Waals surface area (Å²) in [6.45, 7) is 5.94. The summed E-state index contributed by atoms with van der Waals surface area (Å²) < 4.78 is 5.62. The fraction of sp³-hybridized carbons (Fsp3) is 0.583. The molecular formula is C12H18N2OS. The third-order valence-electron chi connectivity index (χ3n) is 2.61. The molecule has 0 saturated heterocycles. The van der Waals surface area contributed by atoms with Crippen molar-refractivity contribution in [3.63, 3.8) is 0 Å². The second-order valence-electron chi connectivity index (χ2n) is 3.92. The fourth-order valence-electron chi connectivity index (χ4n) is 1.91. The molecule has 1 aromatic rings. The van der Waals surface area contributed by atoms with Gasteiger partial charge in [-0.1, -0.05) is 6.92 Å².